The van der Waals surface area contributed by atoms with Gasteiger partial charge < -0.3 is 15.7 Å². The summed E-state index contributed by atoms with van der Waals surface area (Å²) in [6.07, 6.45) is 2.98. The summed E-state index contributed by atoms with van der Waals surface area (Å²) in [5.74, 6) is -1.57. The summed E-state index contributed by atoms with van der Waals surface area (Å²) >= 11 is 0. The SMILES string of the molecule is O=C(O)CCc1ccc(C(Nc2ccc(CN3CCCC3)cc2)=C2C(=O)Nc3cc(F)ccc32)cc1. The van der Waals surface area contributed by atoms with E-state index in [1.165, 1.54) is 30.5 Å². The van der Waals surface area contributed by atoms with Crippen LogP contribution >= 0.6 is 0 Å². The maximum absolute atomic E-state index is 13.8. The molecule has 0 atom stereocenters. The monoisotopic (exact) mass is 485 g/mol. The van der Waals surface area contributed by atoms with Gasteiger partial charge in [0.2, 0.25) is 0 Å². The fourth-order valence-corrected chi connectivity index (χ4v) is 4.80. The van der Waals surface area contributed by atoms with E-state index in [0.717, 1.165) is 36.4 Å². The van der Waals surface area contributed by atoms with Gasteiger partial charge in [-0.2, -0.15) is 0 Å². The molecule has 7 heteroatoms. The van der Waals surface area contributed by atoms with E-state index in [9.17, 15) is 14.0 Å². The molecule has 1 fully saturated rings. The zero-order valence-electron chi connectivity index (χ0n) is 19.9. The van der Waals surface area contributed by atoms with Gasteiger partial charge in [0, 0.05) is 24.2 Å². The van der Waals surface area contributed by atoms with E-state index in [1.54, 1.807) is 6.07 Å². The second kappa shape index (κ2) is 10.3. The minimum absolute atomic E-state index is 0.0522. The zero-order valence-corrected chi connectivity index (χ0v) is 19.9. The van der Waals surface area contributed by atoms with Crippen LogP contribution in [0.3, 0.4) is 0 Å². The molecular weight excluding hydrogens is 457 g/mol. The van der Waals surface area contributed by atoms with Crippen LogP contribution in [0.2, 0.25) is 0 Å². The summed E-state index contributed by atoms with van der Waals surface area (Å²) in [4.78, 5) is 26.4. The Labute approximate surface area is 209 Å². The number of benzene rings is 3. The highest BCUT2D eigenvalue weighted by Gasteiger charge is 2.29. The lowest BCUT2D eigenvalue weighted by Gasteiger charge is -2.17. The van der Waals surface area contributed by atoms with E-state index in [1.807, 2.05) is 36.4 Å². The van der Waals surface area contributed by atoms with E-state index in [4.69, 9.17) is 5.11 Å². The van der Waals surface area contributed by atoms with Crippen LogP contribution in [0.15, 0.2) is 66.7 Å². The van der Waals surface area contributed by atoms with E-state index in [2.05, 4.69) is 27.7 Å². The highest BCUT2D eigenvalue weighted by molar-refractivity contribution is 6.37. The highest BCUT2D eigenvalue weighted by atomic mass is 19.1. The Morgan fingerprint density at radius 2 is 1.67 bits per heavy atom. The van der Waals surface area contributed by atoms with Crippen molar-refractivity contribution in [3.8, 4) is 0 Å². The molecule has 0 unspecified atom stereocenters. The topological polar surface area (TPSA) is 81.7 Å². The number of nitrogens with zero attached hydrogens (tertiary/aromatic N) is 1. The first-order chi connectivity index (χ1) is 17.5. The number of amides is 1. The van der Waals surface area contributed by atoms with E-state index in [-0.39, 0.29) is 12.3 Å². The van der Waals surface area contributed by atoms with Gasteiger partial charge in [-0.3, -0.25) is 14.5 Å². The molecule has 0 spiro atoms. The summed E-state index contributed by atoms with van der Waals surface area (Å²) in [6, 6.07) is 20.0. The Morgan fingerprint density at radius 1 is 0.972 bits per heavy atom. The summed E-state index contributed by atoms with van der Waals surface area (Å²) in [7, 11) is 0. The highest BCUT2D eigenvalue weighted by Crippen LogP contribution is 2.38. The number of carbonyl (C=O) groups excluding carboxylic acids is 1. The Balaban J connectivity index is 1.48. The molecule has 1 amide bonds. The van der Waals surface area contributed by atoms with Gasteiger partial charge in [-0.1, -0.05) is 36.4 Å². The largest absolute Gasteiger partial charge is 0.481 e. The van der Waals surface area contributed by atoms with Gasteiger partial charge in [0.1, 0.15) is 5.82 Å². The lowest BCUT2D eigenvalue weighted by molar-refractivity contribution is -0.137. The van der Waals surface area contributed by atoms with Crippen LogP contribution in [0.4, 0.5) is 15.8 Å². The number of fused-ring (bicyclic) bond motifs is 1. The van der Waals surface area contributed by atoms with Crippen molar-refractivity contribution in [1.29, 1.82) is 0 Å². The lowest BCUT2D eigenvalue weighted by atomic mass is 9.98. The summed E-state index contributed by atoms with van der Waals surface area (Å²) in [5.41, 5.74) is 5.85. The van der Waals surface area contributed by atoms with Gasteiger partial charge in [0.05, 0.1) is 17.0 Å². The fourth-order valence-electron chi connectivity index (χ4n) is 4.80. The average Bonchev–Trinajstić information content (AvgIpc) is 3.49. The standard InChI is InChI=1S/C29H28FN3O3/c30-22-10-13-24-25(17-22)32-29(36)27(24)28(21-8-3-19(4-9-21)7-14-26(34)35)31-23-11-5-20(6-12-23)18-33-15-1-2-16-33/h3-6,8-13,17,31H,1-2,7,14-16,18H2,(H,32,36)(H,34,35). The average molecular weight is 486 g/mol. The molecule has 5 rings (SSSR count). The molecule has 184 valence electrons. The van der Waals surface area contributed by atoms with Crippen molar-refractivity contribution in [2.24, 2.45) is 0 Å². The smallest absolute Gasteiger partial charge is 0.303 e. The minimum atomic E-state index is -0.844. The number of carboxylic acids is 1. The van der Waals surface area contributed by atoms with Crippen molar-refractivity contribution >= 4 is 34.5 Å². The Kier molecular flexibility index (Phi) is 6.82. The third-order valence-corrected chi connectivity index (χ3v) is 6.67. The summed E-state index contributed by atoms with van der Waals surface area (Å²) < 4.78 is 13.8. The maximum atomic E-state index is 13.8. The van der Waals surface area contributed by atoms with Gasteiger partial charge in [-0.25, -0.2) is 4.39 Å². The summed E-state index contributed by atoms with van der Waals surface area (Å²) in [5, 5.41) is 15.2. The molecule has 2 aliphatic heterocycles. The molecule has 0 aliphatic carbocycles. The quantitative estimate of drug-likeness (QED) is 0.374. The molecular formula is C29H28FN3O3. The van der Waals surface area contributed by atoms with Crippen molar-refractivity contribution in [2.75, 3.05) is 23.7 Å². The molecule has 3 aromatic rings. The minimum Gasteiger partial charge on any atom is -0.481 e. The molecule has 6 nitrogen and oxygen atoms in total. The first-order valence-corrected chi connectivity index (χ1v) is 12.2. The van der Waals surface area contributed by atoms with Crippen LogP contribution in [0.25, 0.3) is 11.3 Å². The second-order valence-electron chi connectivity index (χ2n) is 9.29. The number of halogens is 1. The number of hydrogen-bond donors (Lipinski definition) is 3. The normalized spacial score (nSPS) is 16.5. The first kappa shape index (κ1) is 23.8. The number of aliphatic carboxylic acids is 1. The zero-order chi connectivity index (χ0) is 25.1. The van der Waals surface area contributed by atoms with Crippen LogP contribution < -0.4 is 10.6 Å². The van der Waals surface area contributed by atoms with Crippen molar-refractivity contribution in [1.82, 2.24) is 4.90 Å². The van der Waals surface area contributed by atoms with E-state index in [0.29, 0.717) is 28.9 Å². The molecule has 36 heavy (non-hydrogen) atoms. The molecule has 2 aliphatic rings. The van der Waals surface area contributed by atoms with Crippen LogP contribution in [0.1, 0.15) is 41.5 Å². The predicted molar refractivity (Wildman–Crippen MR) is 139 cm³/mol. The van der Waals surface area contributed by atoms with Crippen LogP contribution in [0.5, 0.6) is 0 Å². The number of rotatable bonds is 8. The third kappa shape index (κ3) is 5.31. The van der Waals surface area contributed by atoms with Gasteiger partial charge in [0.25, 0.3) is 5.91 Å². The first-order valence-electron chi connectivity index (χ1n) is 12.2. The molecule has 2 heterocycles. The van der Waals surface area contributed by atoms with E-state index >= 15 is 0 Å². The Bertz CT molecular complexity index is 1310. The van der Waals surface area contributed by atoms with Crippen LogP contribution in [-0.4, -0.2) is 35.0 Å². The Hall–Kier alpha value is -3.97. The van der Waals surface area contributed by atoms with Crippen LogP contribution in [0, 0.1) is 5.82 Å². The number of nitrogens with one attached hydrogen (secondary N) is 2. The molecule has 3 aromatic carbocycles. The number of likely N-dealkylation sites (tertiary alicyclic amines) is 1. The van der Waals surface area contributed by atoms with Gasteiger partial charge in [0.15, 0.2) is 0 Å². The number of carboxylic acid groups (broad SMARTS) is 1. The Morgan fingerprint density at radius 3 is 2.36 bits per heavy atom. The molecule has 0 radical (unpaired) electrons. The van der Waals surface area contributed by atoms with Gasteiger partial charge >= 0.3 is 5.97 Å². The third-order valence-electron chi connectivity index (χ3n) is 6.67. The van der Waals surface area contributed by atoms with Crippen molar-refractivity contribution in [2.45, 2.75) is 32.2 Å². The predicted octanol–water partition coefficient (Wildman–Crippen LogP) is 5.37. The second-order valence-corrected chi connectivity index (χ2v) is 9.29. The van der Waals surface area contributed by atoms with E-state index < -0.39 is 11.8 Å². The number of anilines is 2. The number of carbonyl (C=O) groups is 2. The molecule has 3 N–H and O–H groups in total. The molecule has 0 aromatic heterocycles. The number of hydrogen-bond acceptors (Lipinski definition) is 4. The van der Waals surface area contributed by atoms with Crippen LogP contribution in [-0.2, 0) is 22.6 Å². The van der Waals surface area contributed by atoms with Crippen molar-refractivity contribution < 1.29 is 19.1 Å². The maximum Gasteiger partial charge on any atom is 0.303 e. The van der Waals surface area contributed by atoms with Crippen molar-refractivity contribution in [3.63, 3.8) is 0 Å². The molecule has 0 bridgehead atoms. The number of aryl methyl sites for hydroxylation is 1. The summed E-state index contributed by atoms with van der Waals surface area (Å²) in [6.45, 7) is 3.19. The van der Waals surface area contributed by atoms with Crippen molar-refractivity contribution in [3.05, 3.63) is 94.8 Å². The van der Waals surface area contributed by atoms with Gasteiger partial charge in [-0.15, -0.1) is 0 Å². The molecule has 0 saturated carbocycles. The fraction of sp³-hybridized carbons (Fsp3) is 0.241. The molecule has 1 saturated heterocycles. The lowest BCUT2D eigenvalue weighted by Crippen LogP contribution is -2.18. The van der Waals surface area contributed by atoms with Gasteiger partial charge in [-0.05, 0) is 79.4 Å².